The van der Waals surface area contributed by atoms with Crippen LogP contribution < -0.4 is 5.32 Å². The Balaban J connectivity index is 1.76. The van der Waals surface area contributed by atoms with Crippen LogP contribution in [0.15, 0.2) is 27.1 Å². The maximum atomic E-state index is 3.55. The summed E-state index contributed by atoms with van der Waals surface area (Å²) in [4.78, 5) is 2.41. The summed E-state index contributed by atoms with van der Waals surface area (Å²) in [6.07, 6.45) is 1.33. The van der Waals surface area contributed by atoms with E-state index in [1.54, 1.807) is 0 Å². The molecule has 17 heavy (non-hydrogen) atoms. The Bertz CT molecular complexity index is 382. The number of nitrogens with zero attached hydrogens (tertiary/aromatic N) is 1. The zero-order valence-electron chi connectivity index (χ0n) is 10.0. The number of benzene rings is 1. The van der Waals surface area contributed by atoms with Crippen LogP contribution in [0.2, 0.25) is 0 Å². The lowest BCUT2D eigenvalue weighted by Gasteiger charge is -2.12. The van der Waals surface area contributed by atoms with Crippen molar-refractivity contribution in [1.82, 2.24) is 10.2 Å². The van der Waals surface area contributed by atoms with Gasteiger partial charge in [-0.25, -0.2) is 0 Å². The lowest BCUT2D eigenvalue weighted by Crippen LogP contribution is -2.24. The van der Waals surface area contributed by atoms with E-state index >= 15 is 0 Å². The maximum absolute atomic E-state index is 3.55. The van der Waals surface area contributed by atoms with Gasteiger partial charge in [-0.2, -0.15) is 0 Å². The van der Waals surface area contributed by atoms with E-state index in [1.165, 1.54) is 25.1 Å². The molecule has 2 nitrogen and oxygen atoms in total. The van der Waals surface area contributed by atoms with Gasteiger partial charge in [0, 0.05) is 22.0 Å². The fourth-order valence-electron chi connectivity index (χ4n) is 2.26. The monoisotopic (exact) mass is 360 g/mol. The summed E-state index contributed by atoms with van der Waals surface area (Å²) in [7, 11) is 2.20. The third-order valence-corrected chi connectivity index (χ3v) is 5.11. The van der Waals surface area contributed by atoms with Gasteiger partial charge in [0.25, 0.3) is 0 Å². The van der Waals surface area contributed by atoms with Crippen LogP contribution >= 0.6 is 31.9 Å². The maximum Gasteiger partial charge on any atom is 0.0320 e. The highest BCUT2D eigenvalue weighted by molar-refractivity contribution is 9.13. The zero-order valence-corrected chi connectivity index (χ0v) is 13.2. The first kappa shape index (κ1) is 13.5. The Labute approximate surface area is 120 Å². The van der Waals surface area contributed by atoms with E-state index in [1.807, 2.05) is 0 Å². The summed E-state index contributed by atoms with van der Waals surface area (Å²) in [6, 6.07) is 6.41. The number of hydrogen-bond acceptors (Lipinski definition) is 2. The van der Waals surface area contributed by atoms with E-state index in [0.717, 1.165) is 28.0 Å². The van der Waals surface area contributed by atoms with Crippen molar-refractivity contribution in [3.8, 4) is 0 Å². The SMILES string of the molecule is CN1CCC(CNCc2ccc(Br)c(Br)c2)C1. The number of nitrogens with one attached hydrogen (secondary N) is 1. The minimum absolute atomic E-state index is 0.818. The smallest absolute Gasteiger partial charge is 0.0320 e. The summed E-state index contributed by atoms with van der Waals surface area (Å²) < 4.78 is 2.23. The van der Waals surface area contributed by atoms with Crippen LogP contribution in [-0.4, -0.2) is 31.6 Å². The Morgan fingerprint density at radius 1 is 1.35 bits per heavy atom. The van der Waals surface area contributed by atoms with Gasteiger partial charge in [-0.05, 0) is 82.0 Å². The summed E-state index contributed by atoms with van der Waals surface area (Å²) >= 11 is 7.02. The number of likely N-dealkylation sites (tertiary alicyclic amines) is 1. The van der Waals surface area contributed by atoms with E-state index in [9.17, 15) is 0 Å². The number of hydrogen-bond donors (Lipinski definition) is 1. The standard InChI is InChI=1S/C13H18Br2N2/c1-17-5-4-11(9-17)8-16-7-10-2-3-12(14)13(15)6-10/h2-3,6,11,16H,4-5,7-9H2,1H3. The molecule has 1 aromatic carbocycles. The summed E-state index contributed by atoms with van der Waals surface area (Å²) in [6.45, 7) is 4.55. The molecule has 0 saturated carbocycles. The predicted octanol–water partition coefficient (Wildman–Crippen LogP) is 3.25. The first-order valence-electron chi connectivity index (χ1n) is 5.98. The summed E-state index contributed by atoms with van der Waals surface area (Å²) in [5.74, 6) is 0.818. The van der Waals surface area contributed by atoms with Gasteiger partial charge in [-0.3, -0.25) is 0 Å². The van der Waals surface area contributed by atoms with E-state index in [-0.39, 0.29) is 0 Å². The third kappa shape index (κ3) is 4.05. The molecule has 0 aromatic heterocycles. The molecule has 4 heteroatoms. The lowest BCUT2D eigenvalue weighted by molar-refractivity contribution is 0.388. The van der Waals surface area contributed by atoms with Crippen LogP contribution in [-0.2, 0) is 6.54 Å². The molecule has 1 unspecified atom stereocenters. The van der Waals surface area contributed by atoms with E-state index in [4.69, 9.17) is 0 Å². The van der Waals surface area contributed by atoms with Crippen molar-refractivity contribution in [2.75, 3.05) is 26.7 Å². The van der Waals surface area contributed by atoms with Gasteiger partial charge in [0.1, 0.15) is 0 Å². The minimum atomic E-state index is 0.818. The largest absolute Gasteiger partial charge is 0.312 e. The summed E-state index contributed by atoms with van der Waals surface area (Å²) in [5.41, 5.74) is 1.33. The van der Waals surface area contributed by atoms with Gasteiger partial charge >= 0.3 is 0 Å². The number of halogens is 2. The fraction of sp³-hybridized carbons (Fsp3) is 0.538. The van der Waals surface area contributed by atoms with Crippen LogP contribution in [0, 0.1) is 5.92 Å². The van der Waals surface area contributed by atoms with Crippen LogP contribution in [0.5, 0.6) is 0 Å². The van der Waals surface area contributed by atoms with Gasteiger partial charge in [0.05, 0.1) is 0 Å². The highest BCUT2D eigenvalue weighted by Gasteiger charge is 2.18. The molecule has 1 fully saturated rings. The first-order valence-corrected chi connectivity index (χ1v) is 7.57. The van der Waals surface area contributed by atoms with Crippen molar-refractivity contribution in [2.45, 2.75) is 13.0 Å². The van der Waals surface area contributed by atoms with Gasteiger partial charge in [0.15, 0.2) is 0 Å². The highest BCUT2D eigenvalue weighted by Crippen LogP contribution is 2.23. The van der Waals surface area contributed by atoms with Crippen LogP contribution in [0.4, 0.5) is 0 Å². The van der Waals surface area contributed by atoms with Gasteiger partial charge in [-0.1, -0.05) is 6.07 Å². The fourth-order valence-corrected chi connectivity index (χ4v) is 2.94. The third-order valence-electron chi connectivity index (χ3n) is 3.24. The lowest BCUT2D eigenvalue weighted by atomic mass is 10.1. The van der Waals surface area contributed by atoms with Crippen LogP contribution in [0.1, 0.15) is 12.0 Å². The van der Waals surface area contributed by atoms with Crippen molar-refractivity contribution >= 4 is 31.9 Å². The molecule has 0 amide bonds. The molecule has 1 aromatic rings. The van der Waals surface area contributed by atoms with Crippen molar-refractivity contribution in [3.05, 3.63) is 32.7 Å². The average molecular weight is 362 g/mol. The minimum Gasteiger partial charge on any atom is -0.312 e. The normalized spacial score (nSPS) is 21.0. The van der Waals surface area contributed by atoms with Gasteiger partial charge in [0.2, 0.25) is 0 Å². The molecule has 0 radical (unpaired) electrons. The van der Waals surface area contributed by atoms with Gasteiger partial charge in [-0.15, -0.1) is 0 Å². The molecular formula is C13H18Br2N2. The zero-order chi connectivity index (χ0) is 12.3. The molecule has 1 heterocycles. The average Bonchev–Trinajstić information content (AvgIpc) is 2.70. The van der Waals surface area contributed by atoms with Gasteiger partial charge < -0.3 is 10.2 Å². The van der Waals surface area contributed by atoms with Crippen LogP contribution in [0.3, 0.4) is 0 Å². The quantitative estimate of drug-likeness (QED) is 0.885. The molecule has 2 rings (SSSR count). The topological polar surface area (TPSA) is 15.3 Å². The van der Waals surface area contributed by atoms with Crippen molar-refractivity contribution in [1.29, 1.82) is 0 Å². The second kappa shape index (κ2) is 6.32. The Morgan fingerprint density at radius 2 is 2.18 bits per heavy atom. The Morgan fingerprint density at radius 3 is 2.82 bits per heavy atom. The Kier molecular flexibility index (Phi) is 5.03. The second-order valence-corrected chi connectivity index (χ2v) is 6.50. The second-order valence-electron chi connectivity index (χ2n) is 4.80. The molecule has 1 atom stereocenters. The summed E-state index contributed by atoms with van der Waals surface area (Å²) in [5, 5.41) is 3.55. The highest BCUT2D eigenvalue weighted by atomic mass is 79.9. The molecular weight excluding hydrogens is 344 g/mol. The predicted molar refractivity (Wildman–Crippen MR) is 79.2 cm³/mol. The van der Waals surface area contributed by atoms with Crippen molar-refractivity contribution in [2.24, 2.45) is 5.92 Å². The molecule has 0 spiro atoms. The van der Waals surface area contributed by atoms with E-state index in [2.05, 4.69) is 67.3 Å². The van der Waals surface area contributed by atoms with E-state index < -0.39 is 0 Å². The molecule has 1 aliphatic heterocycles. The first-order chi connectivity index (χ1) is 8.15. The molecule has 94 valence electrons. The van der Waals surface area contributed by atoms with E-state index in [0.29, 0.717) is 0 Å². The van der Waals surface area contributed by atoms with Crippen molar-refractivity contribution in [3.63, 3.8) is 0 Å². The Hall–Kier alpha value is 0.1000. The van der Waals surface area contributed by atoms with Crippen molar-refractivity contribution < 1.29 is 0 Å². The molecule has 0 bridgehead atoms. The molecule has 0 aliphatic carbocycles. The molecule has 1 saturated heterocycles. The van der Waals surface area contributed by atoms with Crippen LogP contribution in [0.25, 0.3) is 0 Å². The molecule has 1 aliphatic rings. The number of rotatable bonds is 4. The molecule has 1 N–H and O–H groups in total.